The van der Waals surface area contributed by atoms with Crippen LogP contribution in [0, 0.1) is 0 Å². The molecule has 0 saturated heterocycles. The van der Waals surface area contributed by atoms with E-state index in [1.54, 1.807) is 18.2 Å². The number of hydrogen-bond donors (Lipinski definition) is 3. The van der Waals surface area contributed by atoms with Gasteiger partial charge in [-0.1, -0.05) is 125 Å². The minimum atomic E-state index is -0.829. The molecule has 0 aliphatic heterocycles. The molecule has 3 N–H and O–H groups in total. The van der Waals surface area contributed by atoms with Gasteiger partial charge in [0.2, 0.25) is 5.91 Å². The van der Waals surface area contributed by atoms with Crippen LogP contribution in [-0.4, -0.2) is 29.3 Å². The van der Waals surface area contributed by atoms with Gasteiger partial charge in [0.25, 0.3) is 11.8 Å². The lowest BCUT2D eigenvalue weighted by atomic mass is 9.86. The molecule has 5 rings (SSSR count). The first-order valence-electron chi connectivity index (χ1n) is 16.3. The van der Waals surface area contributed by atoms with Crippen LogP contribution in [0.2, 0.25) is 0 Å². The van der Waals surface area contributed by atoms with Gasteiger partial charge in [0.1, 0.15) is 6.04 Å². The van der Waals surface area contributed by atoms with Crippen molar-refractivity contribution < 1.29 is 14.4 Å². The number of hydrogen-bond acceptors (Lipinski definition) is 5. The summed E-state index contributed by atoms with van der Waals surface area (Å²) in [7, 11) is 0. The summed E-state index contributed by atoms with van der Waals surface area (Å²) in [5.41, 5.74) is 6.08. The van der Waals surface area contributed by atoms with Crippen LogP contribution in [0.3, 0.4) is 0 Å². The number of carbonyl (C=O) groups excluding carboxylic acids is 3. The number of unbranched alkanes of at least 4 members (excludes halogenated alkanes) is 2. The highest BCUT2D eigenvalue weighted by atomic mass is 32.1. The first-order valence-corrected chi connectivity index (χ1v) is 17.2. The minimum absolute atomic E-state index is 0.0376. The molecule has 0 radical (unpaired) electrons. The zero-order chi connectivity index (χ0) is 34.1. The van der Waals surface area contributed by atoms with Crippen molar-refractivity contribution in [2.75, 3.05) is 11.9 Å². The van der Waals surface area contributed by atoms with Crippen LogP contribution in [0.25, 0.3) is 22.4 Å². The first-order chi connectivity index (χ1) is 23.1. The molecule has 1 unspecified atom stereocenters. The number of carbonyl (C=O) groups is 3. The number of thiazole rings is 1. The van der Waals surface area contributed by atoms with Crippen molar-refractivity contribution in [1.29, 1.82) is 0 Å². The zero-order valence-electron chi connectivity index (χ0n) is 27.9. The molecule has 0 saturated carbocycles. The normalized spacial score (nSPS) is 11.8. The summed E-state index contributed by atoms with van der Waals surface area (Å²) in [4.78, 5) is 44.7. The summed E-state index contributed by atoms with van der Waals surface area (Å²) in [5.74, 6) is -0.866. The Morgan fingerprint density at radius 1 is 0.792 bits per heavy atom. The predicted molar refractivity (Wildman–Crippen MR) is 195 cm³/mol. The quantitative estimate of drug-likeness (QED) is 0.117. The maximum Gasteiger partial charge on any atom is 0.258 e. The Balaban J connectivity index is 1.29. The topological polar surface area (TPSA) is 100 Å². The van der Waals surface area contributed by atoms with E-state index in [-0.39, 0.29) is 23.1 Å². The number of rotatable bonds is 12. The second kappa shape index (κ2) is 15.7. The number of anilines is 1. The number of nitrogens with one attached hydrogen (secondary N) is 3. The minimum Gasteiger partial charge on any atom is -0.354 e. The zero-order valence-corrected chi connectivity index (χ0v) is 28.7. The molecule has 3 amide bonds. The fourth-order valence-electron chi connectivity index (χ4n) is 5.38. The highest BCUT2D eigenvalue weighted by Gasteiger charge is 2.23. The molecule has 0 spiro atoms. The summed E-state index contributed by atoms with van der Waals surface area (Å²) < 4.78 is 0. The Bertz CT molecular complexity index is 1860. The Kier molecular flexibility index (Phi) is 11.2. The average Bonchev–Trinajstić information content (AvgIpc) is 3.57. The van der Waals surface area contributed by atoms with E-state index in [9.17, 15) is 14.4 Å². The van der Waals surface area contributed by atoms with E-state index < -0.39 is 6.04 Å². The van der Waals surface area contributed by atoms with Crippen molar-refractivity contribution in [3.63, 3.8) is 0 Å². The molecule has 246 valence electrons. The van der Waals surface area contributed by atoms with Gasteiger partial charge in [-0.05, 0) is 52.3 Å². The van der Waals surface area contributed by atoms with E-state index in [4.69, 9.17) is 0 Å². The van der Waals surface area contributed by atoms with Crippen molar-refractivity contribution >= 4 is 34.2 Å². The van der Waals surface area contributed by atoms with Crippen molar-refractivity contribution in [3.8, 4) is 22.4 Å². The second-order valence-corrected chi connectivity index (χ2v) is 13.6. The molecule has 4 aromatic carbocycles. The molecule has 1 atom stereocenters. The molecule has 5 aromatic rings. The van der Waals surface area contributed by atoms with E-state index in [0.29, 0.717) is 34.1 Å². The van der Waals surface area contributed by atoms with Crippen LogP contribution in [0.1, 0.15) is 84.8 Å². The fourth-order valence-corrected chi connectivity index (χ4v) is 6.09. The summed E-state index contributed by atoms with van der Waals surface area (Å²) in [6.07, 6.45) is 2.96. The van der Waals surface area contributed by atoms with Gasteiger partial charge in [-0.3, -0.25) is 19.7 Å². The molecule has 7 nitrogen and oxygen atoms in total. The molecular weight excluding hydrogens is 617 g/mol. The Hall–Kier alpha value is -5.08. The van der Waals surface area contributed by atoms with Crippen molar-refractivity contribution in [1.82, 2.24) is 15.6 Å². The third kappa shape index (κ3) is 8.63. The predicted octanol–water partition coefficient (Wildman–Crippen LogP) is 8.80. The number of nitrogens with zero attached hydrogens (tertiary/aromatic N) is 1. The summed E-state index contributed by atoms with van der Waals surface area (Å²) in [6.45, 7) is 9.19. The van der Waals surface area contributed by atoms with Crippen LogP contribution in [-0.2, 0) is 10.2 Å². The lowest BCUT2D eigenvalue weighted by molar-refractivity contribution is -0.123. The van der Waals surface area contributed by atoms with Gasteiger partial charge < -0.3 is 10.6 Å². The largest absolute Gasteiger partial charge is 0.354 e. The van der Waals surface area contributed by atoms with Gasteiger partial charge in [-0.15, -0.1) is 11.3 Å². The van der Waals surface area contributed by atoms with Gasteiger partial charge >= 0.3 is 0 Å². The van der Waals surface area contributed by atoms with Crippen molar-refractivity contribution in [2.45, 2.75) is 58.4 Å². The first kappa shape index (κ1) is 34.3. The highest BCUT2D eigenvalue weighted by Crippen LogP contribution is 2.30. The average molecular weight is 659 g/mol. The van der Waals surface area contributed by atoms with Crippen LogP contribution >= 0.6 is 11.3 Å². The van der Waals surface area contributed by atoms with E-state index >= 15 is 0 Å². The third-order valence-corrected chi connectivity index (χ3v) is 8.89. The maximum absolute atomic E-state index is 13.5. The molecule has 1 heterocycles. The van der Waals surface area contributed by atoms with Gasteiger partial charge in [0.15, 0.2) is 5.13 Å². The molecule has 0 aliphatic rings. The van der Waals surface area contributed by atoms with E-state index in [2.05, 4.69) is 72.9 Å². The number of amides is 3. The number of benzene rings is 4. The smallest absolute Gasteiger partial charge is 0.258 e. The van der Waals surface area contributed by atoms with E-state index in [1.807, 2.05) is 66.0 Å². The third-order valence-electron chi connectivity index (χ3n) is 8.13. The Morgan fingerprint density at radius 2 is 1.52 bits per heavy atom. The lowest BCUT2D eigenvalue weighted by Gasteiger charge is -2.19. The molecule has 0 fully saturated rings. The molecule has 8 heteroatoms. The monoisotopic (exact) mass is 658 g/mol. The molecular formula is C40H42N4O3S. The Morgan fingerprint density at radius 3 is 2.25 bits per heavy atom. The summed E-state index contributed by atoms with van der Waals surface area (Å²) in [5, 5.41) is 11.1. The molecule has 48 heavy (non-hydrogen) atoms. The van der Waals surface area contributed by atoms with Gasteiger partial charge in [0, 0.05) is 28.6 Å². The van der Waals surface area contributed by atoms with Gasteiger partial charge in [-0.2, -0.15) is 0 Å². The summed E-state index contributed by atoms with van der Waals surface area (Å²) >= 11 is 1.31. The molecule has 0 aliphatic carbocycles. The van der Waals surface area contributed by atoms with Gasteiger partial charge in [-0.25, -0.2) is 4.98 Å². The van der Waals surface area contributed by atoms with Crippen LogP contribution in [0.15, 0.2) is 109 Å². The lowest BCUT2D eigenvalue weighted by Crippen LogP contribution is -2.40. The van der Waals surface area contributed by atoms with Gasteiger partial charge in [0.05, 0.1) is 5.69 Å². The SMILES string of the molecule is CCCCCNC(=O)C(NC(=O)c1cccc(-c2csc(NC(=O)c3ccccc3-c3ccc(C(C)(C)C)cc3)n2)c1)c1ccccc1. The molecule has 1 aromatic heterocycles. The standard InChI is InChI=1S/C40H42N4O3S/c1-5-6-12-24-41-38(47)35(28-14-8-7-9-15-28)43-36(45)30-17-13-16-29(25-30)34-26-48-39(42-34)44-37(46)33-19-11-10-18-32(33)27-20-22-31(23-21-27)40(2,3)4/h7-11,13-23,25-26,35H,5-6,12,24H2,1-4H3,(H,41,47)(H,43,45)(H,42,44,46). The second-order valence-electron chi connectivity index (χ2n) is 12.8. The van der Waals surface area contributed by atoms with Crippen LogP contribution < -0.4 is 16.0 Å². The van der Waals surface area contributed by atoms with E-state index in [0.717, 1.165) is 36.0 Å². The fraction of sp³-hybridized carbons (Fsp3) is 0.250. The van der Waals surface area contributed by atoms with Crippen molar-refractivity contribution in [2.24, 2.45) is 0 Å². The molecule has 0 bridgehead atoms. The number of aromatic nitrogens is 1. The highest BCUT2D eigenvalue weighted by molar-refractivity contribution is 7.14. The van der Waals surface area contributed by atoms with Crippen LogP contribution in [0.5, 0.6) is 0 Å². The summed E-state index contributed by atoms with van der Waals surface area (Å²) in [6, 6.07) is 31.4. The Labute approximate surface area is 286 Å². The van der Waals surface area contributed by atoms with Crippen molar-refractivity contribution in [3.05, 3.63) is 131 Å². The van der Waals surface area contributed by atoms with E-state index in [1.165, 1.54) is 16.9 Å². The van der Waals surface area contributed by atoms with Crippen LogP contribution in [0.4, 0.5) is 5.13 Å². The maximum atomic E-state index is 13.5.